The van der Waals surface area contributed by atoms with E-state index in [-0.39, 0.29) is 5.82 Å². The van der Waals surface area contributed by atoms with Gasteiger partial charge < -0.3 is 4.74 Å². The van der Waals surface area contributed by atoms with Crippen LogP contribution in [0.1, 0.15) is 5.69 Å². The topological polar surface area (TPSA) is 22.1 Å². The first-order valence-electron chi connectivity index (χ1n) is 3.84. The molecule has 0 saturated heterocycles. The predicted molar refractivity (Wildman–Crippen MR) is 50.3 cm³/mol. The molecule has 0 bridgehead atoms. The highest BCUT2D eigenvalue weighted by atomic mass is 32.1. The molecule has 0 amide bonds. The molecule has 0 N–H and O–H groups in total. The van der Waals surface area contributed by atoms with Crippen LogP contribution < -0.4 is 0 Å². The number of halogens is 1. The molecule has 0 saturated carbocycles. The number of nitrogens with zero attached hydrogens (tertiary/aromatic N) is 1. The molecule has 0 aliphatic carbocycles. The number of aromatic nitrogens is 1. The van der Waals surface area contributed by atoms with Crippen LogP contribution in [-0.2, 0) is 11.3 Å². The number of rotatable bonds is 2. The van der Waals surface area contributed by atoms with Crippen molar-refractivity contribution in [3.8, 4) is 0 Å². The van der Waals surface area contributed by atoms with Crippen LogP contribution in [0.5, 0.6) is 0 Å². The minimum absolute atomic E-state index is 0.222. The zero-order valence-corrected chi connectivity index (χ0v) is 7.90. The van der Waals surface area contributed by atoms with Crippen molar-refractivity contribution in [1.29, 1.82) is 0 Å². The lowest BCUT2D eigenvalue weighted by molar-refractivity contribution is 0.183. The molecule has 0 aliphatic rings. The fourth-order valence-corrected chi connectivity index (χ4v) is 2.01. The minimum Gasteiger partial charge on any atom is -0.378 e. The van der Waals surface area contributed by atoms with Crippen molar-refractivity contribution in [2.24, 2.45) is 0 Å². The quantitative estimate of drug-likeness (QED) is 0.738. The third-order valence-corrected chi connectivity index (χ3v) is 2.64. The predicted octanol–water partition coefficient (Wildman–Crippen LogP) is 2.58. The summed E-state index contributed by atoms with van der Waals surface area (Å²) in [6, 6.07) is 4.67. The van der Waals surface area contributed by atoms with Crippen LogP contribution in [0.15, 0.2) is 18.2 Å². The van der Waals surface area contributed by atoms with E-state index in [1.807, 2.05) is 0 Å². The molecule has 1 heterocycles. The van der Waals surface area contributed by atoms with Crippen molar-refractivity contribution >= 4 is 21.6 Å². The van der Waals surface area contributed by atoms with Crippen LogP contribution in [0.3, 0.4) is 0 Å². The zero-order valence-electron chi connectivity index (χ0n) is 7.08. The Bertz CT molecular complexity index is 426. The van der Waals surface area contributed by atoms with Gasteiger partial charge >= 0.3 is 0 Å². The fraction of sp³-hybridized carbons (Fsp3) is 0.222. The number of hydrogen-bond donors (Lipinski definition) is 0. The lowest BCUT2D eigenvalue weighted by atomic mass is 10.2. The molecule has 2 aromatic rings. The van der Waals surface area contributed by atoms with E-state index in [1.165, 1.54) is 23.7 Å². The summed E-state index contributed by atoms with van der Waals surface area (Å²) in [5, 5.41) is 0.980. The van der Waals surface area contributed by atoms with Gasteiger partial charge in [0.2, 0.25) is 0 Å². The smallest absolute Gasteiger partial charge is 0.124 e. The van der Waals surface area contributed by atoms with Crippen molar-refractivity contribution in [3.63, 3.8) is 0 Å². The van der Waals surface area contributed by atoms with Gasteiger partial charge in [0.15, 0.2) is 0 Å². The molecule has 0 radical (unpaired) electrons. The average Bonchev–Trinajstić information content (AvgIpc) is 2.49. The lowest BCUT2D eigenvalue weighted by Crippen LogP contribution is -1.86. The highest BCUT2D eigenvalue weighted by Gasteiger charge is 2.05. The van der Waals surface area contributed by atoms with Gasteiger partial charge in [-0.25, -0.2) is 4.39 Å². The maximum Gasteiger partial charge on any atom is 0.124 e. The van der Waals surface area contributed by atoms with Gasteiger partial charge in [-0.1, -0.05) is 0 Å². The van der Waals surface area contributed by atoms with Crippen molar-refractivity contribution in [1.82, 2.24) is 4.37 Å². The fourth-order valence-electron chi connectivity index (χ4n) is 1.20. The number of hydrogen-bond acceptors (Lipinski definition) is 3. The van der Waals surface area contributed by atoms with Gasteiger partial charge in [-0.2, -0.15) is 4.37 Å². The number of benzene rings is 1. The van der Waals surface area contributed by atoms with Gasteiger partial charge in [-0.15, -0.1) is 0 Å². The van der Waals surface area contributed by atoms with Gasteiger partial charge in [0.05, 0.1) is 17.0 Å². The van der Waals surface area contributed by atoms with Crippen molar-refractivity contribution in [3.05, 3.63) is 29.7 Å². The average molecular weight is 197 g/mol. The summed E-state index contributed by atoms with van der Waals surface area (Å²) in [5.74, 6) is -0.222. The summed E-state index contributed by atoms with van der Waals surface area (Å²) in [6.07, 6.45) is 0. The van der Waals surface area contributed by atoms with Gasteiger partial charge in [0.25, 0.3) is 0 Å². The molecule has 2 rings (SSSR count). The molecule has 0 fully saturated rings. The van der Waals surface area contributed by atoms with Crippen LogP contribution in [-0.4, -0.2) is 11.5 Å². The molecule has 1 aromatic heterocycles. The Morgan fingerprint density at radius 2 is 2.38 bits per heavy atom. The summed E-state index contributed by atoms with van der Waals surface area (Å²) < 4.78 is 22.8. The third-order valence-electron chi connectivity index (χ3n) is 1.79. The van der Waals surface area contributed by atoms with E-state index < -0.39 is 0 Å². The van der Waals surface area contributed by atoms with Crippen LogP contribution in [0, 0.1) is 5.82 Å². The van der Waals surface area contributed by atoms with Crippen LogP contribution in [0.4, 0.5) is 4.39 Å². The molecular formula is C9H8FNOS. The molecule has 0 atom stereocenters. The van der Waals surface area contributed by atoms with Crippen molar-refractivity contribution in [2.45, 2.75) is 6.61 Å². The van der Waals surface area contributed by atoms with E-state index >= 15 is 0 Å². The van der Waals surface area contributed by atoms with E-state index in [2.05, 4.69) is 4.37 Å². The Balaban J connectivity index is 2.55. The minimum atomic E-state index is -0.222. The Labute approximate surface area is 79.1 Å². The largest absolute Gasteiger partial charge is 0.378 e. The third kappa shape index (κ3) is 1.55. The monoisotopic (exact) mass is 197 g/mol. The number of ether oxygens (including phenoxy) is 1. The number of methoxy groups -OCH3 is 1. The maximum atomic E-state index is 12.8. The Morgan fingerprint density at radius 1 is 1.54 bits per heavy atom. The van der Waals surface area contributed by atoms with E-state index in [1.54, 1.807) is 13.2 Å². The molecule has 13 heavy (non-hydrogen) atoms. The van der Waals surface area contributed by atoms with Crippen molar-refractivity contribution in [2.75, 3.05) is 7.11 Å². The Kier molecular flexibility index (Phi) is 2.24. The summed E-state index contributed by atoms with van der Waals surface area (Å²) >= 11 is 1.30. The van der Waals surface area contributed by atoms with Gasteiger partial charge in [0, 0.05) is 12.5 Å². The molecule has 1 aromatic carbocycles. The van der Waals surface area contributed by atoms with E-state index in [9.17, 15) is 4.39 Å². The summed E-state index contributed by atoms with van der Waals surface area (Å²) in [6.45, 7) is 0.478. The van der Waals surface area contributed by atoms with Gasteiger partial charge in [-0.05, 0) is 29.7 Å². The van der Waals surface area contributed by atoms with Gasteiger partial charge in [0.1, 0.15) is 5.82 Å². The second-order valence-electron chi connectivity index (χ2n) is 2.70. The second kappa shape index (κ2) is 3.40. The van der Waals surface area contributed by atoms with Crippen LogP contribution in [0.25, 0.3) is 10.1 Å². The maximum absolute atomic E-state index is 12.8. The standard InChI is InChI=1S/C9H8FNOS/c1-12-5-8-7-3-2-6(10)4-9(7)13-11-8/h2-4H,5H2,1H3. The van der Waals surface area contributed by atoms with E-state index in [0.29, 0.717) is 6.61 Å². The first kappa shape index (κ1) is 8.59. The Morgan fingerprint density at radius 3 is 3.15 bits per heavy atom. The highest BCUT2D eigenvalue weighted by Crippen LogP contribution is 2.23. The number of fused-ring (bicyclic) bond motifs is 1. The van der Waals surface area contributed by atoms with Crippen LogP contribution in [0.2, 0.25) is 0 Å². The Hall–Kier alpha value is -1.00. The summed E-state index contributed by atoms with van der Waals surface area (Å²) in [7, 11) is 1.62. The van der Waals surface area contributed by atoms with E-state index in [4.69, 9.17) is 4.74 Å². The first-order chi connectivity index (χ1) is 6.31. The summed E-state index contributed by atoms with van der Waals surface area (Å²) in [5.41, 5.74) is 0.877. The molecule has 0 unspecified atom stereocenters. The second-order valence-corrected chi connectivity index (χ2v) is 3.51. The van der Waals surface area contributed by atoms with Gasteiger partial charge in [-0.3, -0.25) is 0 Å². The SMILES string of the molecule is COCc1nsc2cc(F)ccc12. The highest BCUT2D eigenvalue weighted by molar-refractivity contribution is 7.13. The van der Waals surface area contributed by atoms with Crippen LogP contribution >= 0.6 is 11.5 Å². The summed E-state index contributed by atoms with van der Waals surface area (Å²) in [4.78, 5) is 0. The zero-order chi connectivity index (χ0) is 9.26. The molecule has 4 heteroatoms. The first-order valence-corrected chi connectivity index (χ1v) is 4.61. The normalized spacial score (nSPS) is 10.9. The molecule has 0 spiro atoms. The lowest BCUT2D eigenvalue weighted by Gasteiger charge is -1.94. The molecule has 68 valence electrons. The molecular weight excluding hydrogens is 189 g/mol. The molecule has 2 nitrogen and oxygen atoms in total. The van der Waals surface area contributed by atoms with E-state index in [0.717, 1.165) is 15.8 Å². The van der Waals surface area contributed by atoms with Crippen molar-refractivity contribution < 1.29 is 9.13 Å². The molecule has 0 aliphatic heterocycles.